The van der Waals surface area contributed by atoms with Gasteiger partial charge < -0.3 is 15.3 Å². The molecule has 2 atom stereocenters. The van der Waals surface area contributed by atoms with Gasteiger partial charge >= 0.3 is 0 Å². The Morgan fingerprint density at radius 2 is 1.21 bits per heavy atom. The highest BCUT2D eigenvalue weighted by atomic mass is 16.3. The van der Waals surface area contributed by atoms with Crippen LogP contribution in [0.15, 0.2) is 0 Å². The molecule has 0 amide bonds. The Kier molecular flexibility index (Phi) is 11.0. The quantitative estimate of drug-likeness (QED) is 0.652. The summed E-state index contributed by atoms with van der Waals surface area (Å²) in [6.45, 7) is 9.63. The molecule has 0 aliphatic carbocycles. The fourth-order valence-corrected chi connectivity index (χ4v) is 0.682. The molecule has 0 rings (SSSR count). The van der Waals surface area contributed by atoms with Crippen LogP contribution in [0.4, 0.5) is 0 Å². The smallest absolute Gasteiger partial charge is 0.0793 e. The van der Waals surface area contributed by atoms with Gasteiger partial charge in [-0.3, -0.25) is 0 Å². The topological polar surface area (TPSA) is 60.7 Å². The van der Waals surface area contributed by atoms with Gasteiger partial charge in [0.2, 0.25) is 0 Å². The molecule has 0 saturated heterocycles. The van der Waals surface area contributed by atoms with E-state index in [0.717, 1.165) is 6.42 Å². The van der Waals surface area contributed by atoms with Gasteiger partial charge in [0.15, 0.2) is 0 Å². The SMILES string of the molecule is CC(C)[C@@H](O)CO.CC[C@@H](O)C(C)C. The molecule has 0 aliphatic rings. The molecule has 0 aliphatic heterocycles. The van der Waals surface area contributed by atoms with Crippen LogP contribution in [0.2, 0.25) is 0 Å². The van der Waals surface area contributed by atoms with Crippen molar-refractivity contribution in [3.8, 4) is 0 Å². The van der Waals surface area contributed by atoms with E-state index in [1.165, 1.54) is 0 Å². The maximum atomic E-state index is 8.94. The van der Waals surface area contributed by atoms with Crippen LogP contribution in [0.25, 0.3) is 0 Å². The number of hydrogen-bond acceptors (Lipinski definition) is 3. The standard InChI is InChI=1S/C6H14O.C5H12O2/c1-4-6(7)5(2)3;1-4(2)5(7)3-6/h5-7H,4H2,1-3H3;4-7H,3H2,1-2H3/t6-;5-/m10/s1. The predicted molar refractivity (Wildman–Crippen MR) is 59.1 cm³/mol. The lowest BCUT2D eigenvalue weighted by Gasteiger charge is -2.09. The molecule has 0 aromatic carbocycles. The molecule has 0 fully saturated rings. The number of hydrogen-bond donors (Lipinski definition) is 3. The van der Waals surface area contributed by atoms with Crippen molar-refractivity contribution in [1.29, 1.82) is 0 Å². The van der Waals surface area contributed by atoms with Crippen molar-refractivity contribution >= 4 is 0 Å². The zero-order chi connectivity index (χ0) is 11.7. The molecule has 0 aromatic rings. The van der Waals surface area contributed by atoms with E-state index in [0.29, 0.717) is 5.92 Å². The van der Waals surface area contributed by atoms with Crippen molar-refractivity contribution in [1.82, 2.24) is 0 Å². The summed E-state index contributed by atoms with van der Waals surface area (Å²) in [6.07, 6.45) is 0.234. The zero-order valence-corrected chi connectivity index (χ0v) is 10.1. The van der Waals surface area contributed by atoms with Crippen LogP contribution in [-0.2, 0) is 0 Å². The Morgan fingerprint density at radius 3 is 1.21 bits per heavy atom. The summed E-state index contributed by atoms with van der Waals surface area (Å²) in [5.41, 5.74) is 0. The second-order valence-corrected chi connectivity index (χ2v) is 4.21. The van der Waals surface area contributed by atoms with E-state index >= 15 is 0 Å². The van der Waals surface area contributed by atoms with Gasteiger partial charge in [-0.25, -0.2) is 0 Å². The van der Waals surface area contributed by atoms with Crippen molar-refractivity contribution in [3.63, 3.8) is 0 Å². The van der Waals surface area contributed by atoms with Crippen LogP contribution in [0, 0.1) is 11.8 Å². The van der Waals surface area contributed by atoms with Crippen LogP contribution >= 0.6 is 0 Å². The number of rotatable bonds is 4. The molecule has 0 aromatic heterocycles. The van der Waals surface area contributed by atoms with Crippen molar-refractivity contribution in [2.24, 2.45) is 11.8 Å². The van der Waals surface area contributed by atoms with Gasteiger partial charge in [-0.1, -0.05) is 34.6 Å². The minimum atomic E-state index is -0.542. The van der Waals surface area contributed by atoms with Gasteiger partial charge in [-0.15, -0.1) is 0 Å². The molecule has 0 unspecified atom stereocenters. The molecule has 3 N–H and O–H groups in total. The third-order valence-corrected chi connectivity index (χ3v) is 2.14. The van der Waals surface area contributed by atoms with Crippen molar-refractivity contribution < 1.29 is 15.3 Å². The van der Waals surface area contributed by atoms with Crippen LogP contribution in [0.5, 0.6) is 0 Å². The van der Waals surface area contributed by atoms with E-state index in [4.69, 9.17) is 15.3 Å². The minimum absolute atomic E-state index is 0.0972. The monoisotopic (exact) mass is 206 g/mol. The third kappa shape index (κ3) is 9.96. The first kappa shape index (κ1) is 16.3. The maximum absolute atomic E-state index is 8.94. The van der Waals surface area contributed by atoms with E-state index < -0.39 is 6.10 Å². The van der Waals surface area contributed by atoms with Crippen LogP contribution in [-0.4, -0.2) is 34.1 Å². The molecule has 0 saturated carbocycles. The Bertz CT molecular complexity index is 99.1. The van der Waals surface area contributed by atoms with Crippen molar-refractivity contribution in [3.05, 3.63) is 0 Å². The molecule has 14 heavy (non-hydrogen) atoms. The first-order valence-electron chi connectivity index (χ1n) is 5.33. The lowest BCUT2D eigenvalue weighted by atomic mass is 10.1. The fraction of sp³-hybridized carbons (Fsp3) is 1.00. The Hall–Kier alpha value is -0.120. The average Bonchev–Trinajstić information content (AvgIpc) is 2.15. The van der Waals surface area contributed by atoms with Gasteiger partial charge in [0.25, 0.3) is 0 Å². The van der Waals surface area contributed by atoms with E-state index in [-0.39, 0.29) is 18.6 Å². The van der Waals surface area contributed by atoms with Gasteiger partial charge in [0.05, 0.1) is 18.8 Å². The molecule has 0 heterocycles. The van der Waals surface area contributed by atoms with Crippen LogP contribution in [0.1, 0.15) is 41.0 Å². The van der Waals surface area contributed by atoms with E-state index in [1.54, 1.807) is 0 Å². The lowest BCUT2D eigenvalue weighted by Crippen LogP contribution is -2.18. The molecule has 0 radical (unpaired) electrons. The summed E-state index contributed by atoms with van der Waals surface area (Å²) in [6, 6.07) is 0. The first-order chi connectivity index (χ1) is 6.36. The summed E-state index contributed by atoms with van der Waals surface area (Å²) in [5, 5.41) is 25.9. The summed E-state index contributed by atoms with van der Waals surface area (Å²) >= 11 is 0. The Labute approximate surface area is 87.8 Å². The van der Waals surface area contributed by atoms with Gasteiger partial charge in [-0.2, -0.15) is 0 Å². The predicted octanol–water partition coefficient (Wildman–Crippen LogP) is 1.41. The summed E-state index contributed by atoms with van der Waals surface area (Å²) in [4.78, 5) is 0. The number of aliphatic hydroxyl groups is 3. The van der Waals surface area contributed by atoms with Crippen molar-refractivity contribution in [2.45, 2.75) is 53.2 Å². The average molecular weight is 206 g/mol. The van der Waals surface area contributed by atoms with Gasteiger partial charge in [-0.05, 0) is 18.3 Å². The normalized spacial score (nSPS) is 15.0. The molecule has 0 spiro atoms. The highest BCUT2D eigenvalue weighted by Crippen LogP contribution is 2.02. The van der Waals surface area contributed by atoms with Gasteiger partial charge in [0, 0.05) is 0 Å². The Morgan fingerprint density at radius 1 is 0.857 bits per heavy atom. The van der Waals surface area contributed by atoms with E-state index in [9.17, 15) is 0 Å². The molecule has 88 valence electrons. The Balaban J connectivity index is 0. The van der Waals surface area contributed by atoms with Crippen molar-refractivity contribution in [2.75, 3.05) is 6.61 Å². The maximum Gasteiger partial charge on any atom is 0.0793 e. The molecule has 0 bridgehead atoms. The largest absolute Gasteiger partial charge is 0.394 e. The molecular weight excluding hydrogens is 180 g/mol. The molecular formula is C11H26O3. The second kappa shape index (κ2) is 9.44. The summed E-state index contributed by atoms with van der Waals surface area (Å²) < 4.78 is 0. The fourth-order valence-electron chi connectivity index (χ4n) is 0.682. The highest BCUT2D eigenvalue weighted by molar-refractivity contribution is 4.55. The second-order valence-electron chi connectivity index (χ2n) is 4.21. The van der Waals surface area contributed by atoms with E-state index in [2.05, 4.69) is 0 Å². The van der Waals surface area contributed by atoms with E-state index in [1.807, 2.05) is 34.6 Å². The third-order valence-electron chi connectivity index (χ3n) is 2.14. The van der Waals surface area contributed by atoms with Crippen LogP contribution < -0.4 is 0 Å². The zero-order valence-electron chi connectivity index (χ0n) is 10.1. The molecule has 3 nitrogen and oxygen atoms in total. The first-order valence-corrected chi connectivity index (χ1v) is 5.33. The number of aliphatic hydroxyl groups excluding tert-OH is 3. The summed E-state index contributed by atoms with van der Waals surface area (Å²) in [7, 11) is 0. The van der Waals surface area contributed by atoms with Crippen LogP contribution in [0.3, 0.4) is 0 Å². The highest BCUT2D eigenvalue weighted by Gasteiger charge is 2.04. The van der Waals surface area contributed by atoms with Gasteiger partial charge in [0.1, 0.15) is 0 Å². The summed E-state index contributed by atoms with van der Waals surface area (Å²) in [5.74, 6) is 0.593. The lowest BCUT2D eigenvalue weighted by molar-refractivity contribution is 0.0597. The minimum Gasteiger partial charge on any atom is -0.394 e. The molecule has 3 heteroatoms.